The molecule has 0 saturated carbocycles. The quantitative estimate of drug-likeness (QED) is 0.751. The van der Waals surface area contributed by atoms with E-state index in [4.69, 9.17) is 12.2 Å². The van der Waals surface area contributed by atoms with Gasteiger partial charge >= 0.3 is 0 Å². The number of rotatable bonds is 3. The van der Waals surface area contributed by atoms with Gasteiger partial charge in [0.15, 0.2) is 0 Å². The molecule has 0 saturated heterocycles. The zero-order valence-corrected chi connectivity index (χ0v) is 8.67. The molecule has 0 bridgehead atoms. The summed E-state index contributed by atoms with van der Waals surface area (Å²) in [5.41, 5.74) is 8.01. The molecule has 0 radical (unpaired) electrons. The lowest BCUT2D eigenvalue weighted by atomic mass is 10.2. The Bertz CT molecular complexity index is 509. The predicted octanol–water partition coefficient (Wildman–Crippen LogP) is 0.432. The highest BCUT2D eigenvalue weighted by Crippen LogP contribution is 2.18. The normalized spacial score (nSPS) is 10.0. The zero-order valence-electron chi connectivity index (χ0n) is 8.67. The van der Waals surface area contributed by atoms with E-state index < -0.39 is 0 Å². The highest BCUT2D eigenvalue weighted by atomic mass is 15.3. The Labute approximate surface area is 93.3 Å². The lowest BCUT2D eigenvalue weighted by Gasteiger charge is -1.96. The molecule has 80 valence electrons. The monoisotopic (exact) mass is 213 g/mol. The minimum absolute atomic E-state index is 0.399. The third kappa shape index (κ3) is 1.92. The van der Waals surface area contributed by atoms with Crippen molar-refractivity contribution in [2.45, 2.75) is 13.1 Å². The van der Waals surface area contributed by atoms with Gasteiger partial charge in [-0.1, -0.05) is 5.92 Å². The third-order valence-corrected chi connectivity index (χ3v) is 2.12. The lowest BCUT2D eigenvalue weighted by Crippen LogP contribution is -1.97. The van der Waals surface area contributed by atoms with E-state index in [1.165, 1.54) is 0 Å². The summed E-state index contributed by atoms with van der Waals surface area (Å²) in [6.07, 6.45) is 12.0. The zero-order chi connectivity index (χ0) is 11.4. The van der Waals surface area contributed by atoms with Gasteiger partial charge in [-0.3, -0.25) is 14.6 Å². The van der Waals surface area contributed by atoms with Crippen LogP contribution in [-0.2, 0) is 13.1 Å². The van der Waals surface area contributed by atoms with Gasteiger partial charge in [0, 0.05) is 30.7 Å². The molecule has 16 heavy (non-hydrogen) atoms. The number of nitrogens with zero attached hydrogens (tertiary/aromatic N) is 4. The Morgan fingerprint density at radius 1 is 1.44 bits per heavy atom. The van der Waals surface area contributed by atoms with Crippen LogP contribution in [0.1, 0.15) is 5.56 Å². The van der Waals surface area contributed by atoms with Crippen molar-refractivity contribution in [1.82, 2.24) is 19.7 Å². The van der Waals surface area contributed by atoms with E-state index >= 15 is 0 Å². The number of nitrogens with two attached hydrogens (primary N) is 1. The highest BCUT2D eigenvalue weighted by Gasteiger charge is 2.10. The predicted molar refractivity (Wildman–Crippen MR) is 60.0 cm³/mol. The molecule has 2 N–H and O–H groups in total. The van der Waals surface area contributed by atoms with Gasteiger partial charge in [-0.05, 0) is 0 Å². The SMILES string of the molecule is C#CCn1cc(CN)c(-c2cnccn2)n1. The molecule has 0 fully saturated rings. The number of hydrogen-bond acceptors (Lipinski definition) is 4. The molecule has 5 heteroatoms. The Morgan fingerprint density at radius 3 is 2.94 bits per heavy atom. The van der Waals surface area contributed by atoms with Crippen LogP contribution in [0.3, 0.4) is 0 Å². The standard InChI is InChI=1S/C11H11N5/c1-2-5-16-8-9(6-12)11(15-16)10-7-13-3-4-14-10/h1,3-4,7-8H,5-6,12H2. The summed E-state index contributed by atoms with van der Waals surface area (Å²) in [6, 6.07) is 0. The van der Waals surface area contributed by atoms with Gasteiger partial charge in [-0.15, -0.1) is 6.42 Å². The van der Waals surface area contributed by atoms with E-state index in [0.717, 1.165) is 11.3 Å². The van der Waals surface area contributed by atoms with Crippen molar-refractivity contribution < 1.29 is 0 Å². The van der Waals surface area contributed by atoms with Crippen LogP contribution < -0.4 is 5.73 Å². The van der Waals surface area contributed by atoms with Gasteiger partial charge in [0.1, 0.15) is 17.9 Å². The van der Waals surface area contributed by atoms with Crippen LogP contribution in [0, 0.1) is 12.3 Å². The minimum Gasteiger partial charge on any atom is -0.326 e. The van der Waals surface area contributed by atoms with Crippen molar-refractivity contribution in [3.05, 3.63) is 30.4 Å². The summed E-state index contributed by atoms with van der Waals surface area (Å²) in [6.45, 7) is 0.823. The van der Waals surface area contributed by atoms with E-state index in [2.05, 4.69) is 21.0 Å². The maximum absolute atomic E-state index is 5.64. The molecule has 0 aromatic carbocycles. The number of aromatic nitrogens is 4. The first-order chi connectivity index (χ1) is 7.85. The summed E-state index contributed by atoms with van der Waals surface area (Å²) in [5, 5.41) is 4.33. The topological polar surface area (TPSA) is 69.6 Å². The molecule has 2 rings (SSSR count). The van der Waals surface area contributed by atoms with Crippen molar-refractivity contribution in [1.29, 1.82) is 0 Å². The van der Waals surface area contributed by atoms with Crippen LogP contribution in [0.4, 0.5) is 0 Å². The summed E-state index contributed by atoms with van der Waals surface area (Å²) in [4.78, 5) is 8.18. The molecule has 0 spiro atoms. The average Bonchev–Trinajstić information content (AvgIpc) is 2.74. The summed E-state index contributed by atoms with van der Waals surface area (Å²) >= 11 is 0. The van der Waals surface area contributed by atoms with E-state index in [1.807, 2.05) is 6.20 Å². The third-order valence-electron chi connectivity index (χ3n) is 2.12. The average molecular weight is 213 g/mol. The summed E-state index contributed by atoms with van der Waals surface area (Å²) in [5.74, 6) is 2.52. The first-order valence-corrected chi connectivity index (χ1v) is 4.81. The largest absolute Gasteiger partial charge is 0.326 e. The van der Waals surface area contributed by atoms with E-state index in [0.29, 0.717) is 18.8 Å². The Hall–Kier alpha value is -2.19. The van der Waals surface area contributed by atoms with Gasteiger partial charge in [0.05, 0.1) is 6.20 Å². The van der Waals surface area contributed by atoms with Gasteiger partial charge in [0.2, 0.25) is 0 Å². The second kappa shape index (κ2) is 4.55. The molecular weight excluding hydrogens is 202 g/mol. The minimum atomic E-state index is 0.399. The smallest absolute Gasteiger partial charge is 0.117 e. The molecular formula is C11H11N5. The number of hydrogen-bond donors (Lipinski definition) is 1. The first kappa shape index (κ1) is 10.3. The highest BCUT2D eigenvalue weighted by molar-refractivity contribution is 5.56. The molecule has 5 nitrogen and oxygen atoms in total. The van der Waals surface area contributed by atoms with Crippen LogP contribution in [-0.4, -0.2) is 19.7 Å². The van der Waals surface area contributed by atoms with Crippen LogP contribution >= 0.6 is 0 Å². The van der Waals surface area contributed by atoms with Crippen molar-refractivity contribution >= 4 is 0 Å². The number of terminal acetylenes is 1. The van der Waals surface area contributed by atoms with Crippen LogP contribution in [0.2, 0.25) is 0 Å². The van der Waals surface area contributed by atoms with Gasteiger partial charge in [0.25, 0.3) is 0 Å². The fourth-order valence-corrected chi connectivity index (χ4v) is 1.42. The Morgan fingerprint density at radius 2 is 2.31 bits per heavy atom. The summed E-state index contributed by atoms with van der Waals surface area (Å²) in [7, 11) is 0. The van der Waals surface area contributed by atoms with Crippen molar-refractivity contribution in [2.75, 3.05) is 0 Å². The second-order valence-electron chi connectivity index (χ2n) is 3.20. The maximum Gasteiger partial charge on any atom is 0.117 e. The fraction of sp³-hybridized carbons (Fsp3) is 0.182. The molecule has 2 aromatic rings. The summed E-state index contributed by atoms with van der Waals surface area (Å²) < 4.78 is 1.67. The maximum atomic E-state index is 5.64. The van der Waals surface area contributed by atoms with E-state index in [9.17, 15) is 0 Å². The van der Waals surface area contributed by atoms with Gasteiger partial charge < -0.3 is 5.73 Å². The molecule has 2 aromatic heterocycles. The van der Waals surface area contributed by atoms with Crippen LogP contribution in [0.5, 0.6) is 0 Å². The molecule has 0 atom stereocenters. The molecule has 0 aliphatic heterocycles. The Kier molecular flexibility index (Phi) is 2.94. The lowest BCUT2D eigenvalue weighted by molar-refractivity contribution is 0.716. The van der Waals surface area contributed by atoms with Crippen molar-refractivity contribution in [3.8, 4) is 23.7 Å². The second-order valence-corrected chi connectivity index (χ2v) is 3.20. The molecule has 0 aliphatic carbocycles. The van der Waals surface area contributed by atoms with Crippen LogP contribution in [0.15, 0.2) is 24.8 Å². The van der Waals surface area contributed by atoms with Crippen molar-refractivity contribution in [2.24, 2.45) is 5.73 Å². The van der Waals surface area contributed by atoms with E-state index in [1.54, 1.807) is 23.3 Å². The molecule has 0 aliphatic rings. The first-order valence-electron chi connectivity index (χ1n) is 4.81. The molecule has 0 amide bonds. The van der Waals surface area contributed by atoms with E-state index in [-0.39, 0.29) is 0 Å². The molecule has 2 heterocycles. The molecule has 0 unspecified atom stereocenters. The van der Waals surface area contributed by atoms with Gasteiger partial charge in [-0.2, -0.15) is 5.10 Å². The Balaban J connectivity index is 2.44. The van der Waals surface area contributed by atoms with Crippen molar-refractivity contribution in [3.63, 3.8) is 0 Å². The van der Waals surface area contributed by atoms with Crippen LogP contribution in [0.25, 0.3) is 11.4 Å². The van der Waals surface area contributed by atoms with Gasteiger partial charge in [-0.25, -0.2) is 0 Å². The fourth-order valence-electron chi connectivity index (χ4n) is 1.42.